The van der Waals surface area contributed by atoms with Crippen LogP contribution in [0.5, 0.6) is 0 Å². The minimum Gasteiger partial charge on any atom is -0.346 e. The second-order valence-electron chi connectivity index (χ2n) is 7.24. The molecule has 30 heavy (non-hydrogen) atoms. The summed E-state index contributed by atoms with van der Waals surface area (Å²) in [6.07, 6.45) is 3.87. The molecule has 0 unspecified atom stereocenters. The van der Waals surface area contributed by atoms with Gasteiger partial charge in [0.05, 0.1) is 29.4 Å². The van der Waals surface area contributed by atoms with Gasteiger partial charge in [0, 0.05) is 6.08 Å². The van der Waals surface area contributed by atoms with E-state index in [-0.39, 0.29) is 11.6 Å². The standard InChI is InChI=1S/C21H25F2N3O3S/c1-13(2)21-15(5-8-17(12-22)25-21)7-10-20(27)24-14(3)16-6-9-19(18(23)11-16)26-30(4,28)29/h5-11,13-14,26H,12H2,1-4H3,(H,24,27)/b10-7+/t14-/m1/s1. The second kappa shape index (κ2) is 9.80. The number of pyridine rings is 1. The largest absolute Gasteiger partial charge is 0.346 e. The quantitative estimate of drug-likeness (QED) is 0.609. The van der Waals surface area contributed by atoms with Crippen molar-refractivity contribution in [2.45, 2.75) is 39.4 Å². The van der Waals surface area contributed by atoms with E-state index in [0.29, 0.717) is 22.5 Å². The lowest BCUT2D eigenvalue weighted by atomic mass is 10.0. The number of rotatable bonds is 8. The second-order valence-corrected chi connectivity index (χ2v) is 8.99. The summed E-state index contributed by atoms with van der Waals surface area (Å²) in [5.41, 5.74) is 2.06. The predicted octanol–water partition coefficient (Wildman–Crippen LogP) is 4.08. The van der Waals surface area contributed by atoms with E-state index in [1.165, 1.54) is 24.3 Å². The first-order valence-electron chi connectivity index (χ1n) is 9.31. The smallest absolute Gasteiger partial charge is 0.244 e. The third-order valence-electron chi connectivity index (χ3n) is 4.26. The molecule has 6 nitrogen and oxygen atoms in total. The fourth-order valence-corrected chi connectivity index (χ4v) is 3.36. The first-order chi connectivity index (χ1) is 14.0. The van der Waals surface area contributed by atoms with Gasteiger partial charge in [-0.2, -0.15) is 0 Å². The van der Waals surface area contributed by atoms with Crippen LogP contribution in [0, 0.1) is 5.82 Å². The van der Waals surface area contributed by atoms with Gasteiger partial charge >= 0.3 is 0 Å². The molecule has 9 heteroatoms. The van der Waals surface area contributed by atoms with Gasteiger partial charge in [-0.1, -0.05) is 26.0 Å². The van der Waals surface area contributed by atoms with E-state index in [9.17, 15) is 22.0 Å². The van der Waals surface area contributed by atoms with Crippen molar-refractivity contribution in [3.05, 3.63) is 64.7 Å². The number of alkyl halides is 1. The van der Waals surface area contributed by atoms with E-state index in [4.69, 9.17) is 0 Å². The van der Waals surface area contributed by atoms with Gasteiger partial charge < -0.3 is 5.32 Å². The average Bonchev–Trinajstić information content (AvgIpc) is 2.66. The van der Waals surface area contributed by atoms with Crippen molar-refractivity contribution in [2.75, 3.05) is 11.0 Å². The molecular weight excluding hydrogens is 412 g/mol. The number of benzene rings is 1. The van der Waals surface area contributed by atoms with Crippen LogP contribution in [-0.2, 0) is 21.5 Å². The monoisotopic (exact) mass is 437 g/mol. The molecule has 0 aliphatic heterocycles. The highest BCUT2D eigenvalue weighted by Gasteiger charge is 2.13. The number of nitrogens with one attached hydrogen (secondary N) is 2. The van der Waals surface area contributed by atoms with Gasteiger partial charge in [-0.25, -0.2) is 17.2 Å². The van der Waals surface area contributed by atoms with Crippen LogP contribution in [0.25, 0.3) is 6.08 Å². The van der Waals surface area contributed by atoms with Crippen LogP contribution >= 0.6 is 0 Å². The third kappa shape index (κ3) is 6.62. The van der Waals surface area contributed by atoms with E-state index in [1.807, 2.05) is 13.8 Å². The van der Waals surface area contributed by atoms with Crippen LogP contribution in [0.4, 0.5) is 14.5 Å². The van der Waals surface area contributed by atoms with Crippen molar-refractivity contribution in [3.8, 4) is 0 Å². The van der Waals surface area contributed by atoms with E-state index in [1.54, 1.807) is 25.1 Å². The molecule has 0 aliphatic carbocycles. The van der Waals surface area contributed by atoms with Crippen LogP contribution in [-0.4, -0.2) is 25.6 Å². The zero-order valence-corrected chi connectivity index (χ0v) is 18.1. The van der Waals surface area contributed by atoms with Gasteiger partial charge in [-0.05, 0) is 48.2 Å². The van der Waals surface area contributed by atoms with Crippen molar-refractivity contribution in [1.29, 1.82) is 0 Å². The Hall–Kier alpha value is -2.81. The van der Waals surface area contributed by atoms with Gasteiger partial charge in [0.25, 0.3) is 0 Å². The first kappa shape index (κ1) is 23.5. The first-order valence-corrected chi connectivity index (χ1v) is 11.2. The topological polar surface area (TPSA) is 88.2 Å². The van der Waals surface area contributed by atoms with Crippen molar-refractivity contribution in [3.63, 3.8) is 0 Å². The molecule has 0 saturated carbocycles. The van der Waals surface area contributed by atoms with Crippen molar-refractivity contribution in [1.82, 2.24) is 10.3 Å². The number of halogens is 2. The lowest BCUT2D eigenvalue weighted by Gasteiger charge is -2.15. The number of sulfonamides is 1. The number of anilines is 1. The zero-order chi connectivity index (χ0) is 22.5. The Bertz CT molecular complexity index is 1050. The maximum atomic E-state index is 14.1. The summed E-state index contributed by atoms with van der Waals surface area (Å²) in [4.78, 5) is 16.6. The molecule has 0 fully saturated rings. The summed E-state index contributed by atoms with van der Waals surface area (Å²) in [5, 5.41) is 2.72. The van der Waals surface area contributed by atoms with E-state index >= 15 is 0 Å². The number of carbonyl (C=O) groups excluding carboxylic acids is 1. The summed E-state index contributed by atoms with van der Waals surface area (Å²) in [7, 11) is -3.59. The maximum Gasteiger partial charge on any atom is 0.244 e. The van der Waals surface area contributed by atoms with Crippen LogP contribution in [0.2, 0.25) is 0 Å². The molecule has 0 spiro atoms. The Kier molecular flexibility index (Phi) is 7.66. The van der Waals surface area contributed by atoms with E-state index < -0.39 is 34.5 Å². The molecule has 162 valence electrons. The van der Waals surface area contributed by atoms with Crippen molar-refractivity contribution < 1.29 is 22.0 Å². The summed E-state index contributed by atoms with van der Waals surface area (Å²) in [6.45, 7) is 4.89. The average molecular weight is 438 g/mol. The molecule has 1 heterocycles. The van der Waals surface area contributed by atoms with Crippen LogP contribution in [0.15, 0.2) is 36.4 Å². The van der Waals surface area contributed by atoms with Crippen LogP contribution in [0.1, 0.15) is 55.2 Å². The normalized spacial score (nSPS) is 12.9. The van der Waals surface area contributed by atoms with E-state index in [2.05, 4.69) is 15.0 Å². The summed E-state index contributed by atoms with van der Waals surface area (Å²) >= 11 is 0. The Morgan fingerprint density at radius 2 is 1.90 bits per heavy atom. The molecular formula is C21H25F2N3O3S. The van der Waals surface area contributed by atoms with Gasteiger partial charge in [0.1, 0.15) is 12.5 Å². The molecule has 0 radical (unpaired) electrons. The summed E-state index contributed by atoms with van der Waals surface area (Å²) in [5.74, 6) is -1.08. The number of hydrogen-bond acceptors (Lipinski definition) is 4. The van der Waals surface area contributed by atoms with Crippen LogP contribution < -0.4 is 10.0 Å². The molecule has 1 amide bonds. The fourth-order valence-electron chi connectivity index (χ4n) is 2.80. The fraction of sp³-hybridized carbons (Fsp3) is 0.333. The summed E-state index contributed by atoms with van der Waals surface area (Å²) < 4.78 is 51.6. The van der Waals surface area contributed by atoms with Crippen LogP contribution in [0.3, 0.4) is 0 Å². The van der Waals surface area contributed by atoms with Gasteiger partial charge in [-0.3, -0.25) is 14.5 Å². The lowest BCUT2D eigenvalue weighted by molar-refractivity contribution is -0.117. The maximum absolute atomic E-state index is 14.1. The number of hydrogen-bond donors (Lipinski definition) is 2. The Morgan fingerprint density at radius 3 is 2.47 bits per heavy atom. The summed E-state index contributed by atoms with van der Waals surface area (Å²) in [6, 6.07) is 6.77. The van der Waals surface area contributed by atoms with Gasteiger partial charge in [-0.15, -0.1) is 0 Å². The molecule has 1 aromatic carbocycles. The molecule has 2 aromatic rings. The Balaban J connectivity index is 2.10. The highest BCUT2D eigenvalue weighted by molar-refractivity contribution is 7.92. The third-order valence-corrected chi connectivity index (χ3v) is 4.85. The van der Waals surface area contributed by atoms with E-state index in [0.717, 1.165) is 6.26 Å². The predicted molar refractivity (Wildman–Crippen MR) is 114 cm³/mol. The molecule has 0 bridgehead atoms. The molecule has 0 saturated heterocycles. The number of aromatic nitrogens is 1. The molecule has 2 rings (SSSR count). The lowest BCUT2D eigenvalue weighted by Crippen LogP contribution is -2.24. The number of carbonyl (C=O) groups is 1. The molecule has 1 atom stereocenters. The van der Waals surface area contributed by atoms with Gasteiger partial charge in [0.15, 0.2) is 0 Å². The SMILES string of the molecule is CC(C)c1nc(CF)ccc1/C=C/C(=O)N[C@H](C)c1ccc(NS(C)(=O)=O)c(F)c1. The molecule has 2 N–H and O–H groups in total. The zero-order valence-electron chi connectivity index (χ0n) is 17.2. The molecule has 1 aromatic heterocycles. The minimum absolute atomic E-state index is 0.0557. The van der Waals surface area contributed by atoms with Gasteiger partial charge in [0.2, 0.25) is 15.9 Å². The highest BCUT2D eigenvalue weighted by atomic mass is 32.2. The highest BCUT2D eigenvalue weighted by Crippen LogP contribution is 2.22. The molecule has 0 aliphatic rings. The van der Waals surface area contributed by atoms with Crippen molar-refractivity contribution in [2.24, 2.45) is 0 Å². The number of nitrogens with zero attached hydrogens (tertiary/aromatic N) is 1. The minimum atomic E-state index is -3.59. The Morgan fingerprint density at radius 1 is 1.20 bits per heavy atom. The number of amides is 1. The Labute approximate surface area is 175 Å². The van der Waals surface area contributed by atoms with Crippen molar-refractivity contribution >= 4 is 27.7 Å².